The lowest BCUT2D eigenvalue weighted by molar-refractivity contribution is -0.158. The lowest BCUT2D eigenvalue weighted by Gasteiger charge is -2.32. The first-order chi connectivity index (χ1) is 9.66. The summed E-state index contributed by atoms with van der Waals surface area (Å²) in [6.45, 7) is 0.470. The number of piperidine rings is 1. The highest BCUT2D eigenvalue weighted by Gasteiger charge is 2.36. The molecule has 0 aromatic rings. The molecule has 0 radical (unpaired) electrons. The van der Waals surface area contributed by atoms with Gasteiger partial charge in [0, 0.05) is 6.54 Å². The van der Waals surface area contributed by atoms with Gasteiger partial charge in [0.2, 0.25) is 0 Å². The normalized spacial score (nSPS) is 21.2. The highest BCUT2D eigenvalue weighted by molar-refractivity contribution is 6.35. The van der Waals surface area contributed by atoms with Crippen molar-refractivity contribution in [2.24, 2.45) is 0 Å². The minimum Gasteiger partial charge on any atom is -0.480 e. The van der Waals surface area contributed by atoms with Gasteiger partial charge >= 0.3 is 23.8 Å². The van der Waals surface area contributed by atoms with E-state index in [1.165, 1.54) is 0 Å². The van der Waals surface area contributed by atoms with Gasteiger partial charge in [-0.2, -0.15) is 0 Å². The summed E-state index contributed by atoms with van der Waals surface area (Å²) in [4.78, 5) is 46.3. The monoisotopic (exact) mass is 302 g/mol. The van der Waals surface area contributed by atoms with Crippen molar-refractivity contribution in [3.05, 3.63) is 0 Å². The van der Waals surface area contributed by atoms with E-state index in [0.29, 0.717) is 12.8 Å². The number of hydrogen-bond donors (Lipinski definition) is 4. The fourth-order valence-corrected chi connectivity index (χ4v) is 1.97. The van der Waals surface area contributed by atoms with E-state index in [1.54, 1.807) is 0 Å². The third kappa shape index (κ3) is 4.15. The molecule has 0 aromatic carbocycles. The van der Waals surface area contributed by atoms with Crippen LogP contribution in [0.5, 0.6) is 0 Å². The van der Waals surface area contributed by atoms with Crippen LogP contribution in [-0.4, -0.2) is 68.7 Å². The predicted molar refractivity (Wildman–Crippen MR) is 68.3 cm³/mol. The maximum absolute atomic E-state index is 11.9. The number of carbonyl (C=O) groups is 4. The first kappa shape index (κ1) is 16.9. The van der Waals surface area contributed by atoms with Crippen LogP contribution in [0.3, 0.4) is 0 Å². The van der Waals surface area contributed by atoms with Gasteiger partial charge in [0.05, 0.1) is 6.54 Å². The molecule has 0 aliphatic carbocycles. The third-order valence-electron chi connectivity index (χ3n) is 3.30. The minimum absolute atomic E-state index is 0.151. The SMILES string of the molecule is CC(O)(CNC(=O)C(=O)N1CCCC[C@@H]1C(=O)O)C(=O)O. The average molecular weight is 302 g/mol. The predicted octanol–water partition coefficient (Wildman–Crippen LogP) is -1.60. The number of aliphatic carboxylic acids is 2. The molecule has 2 atom stereocenters. The Morgan fingerprint density at radius 2 is 1.86 bits per heavy atom. The highest BCUT2D eigenvalue weighted by atomic mass is 16.4. The van der Waals surface area contributed by atoms with Gasteiger partial charge in [0.1, 0.15) is 6.04 Å². The largest absolute Gasteiger partial charge is 0.480 e. The molecule has 1 aliphatic heterocycles. The Morgan fingerprint density at radius 3 is 2.38 bits per heavy atom. The molecule has 118 valence electrons. The molecule has 1 heterocycles. The van der Waals surface area contributed by atoms with Gasteiger partial charge in [-0.05, 0) is 26.2 Å². The quantitative estimate of drug-likeness (QED) is 0.458. The van der Waals surface area contributed by atoms with Crippen molar-refractivity contribution in [1.82, 2.24) is 10.2 Å². The Morgan fingerprint density at radius 1 is 1.24 bits per heavy atom. The number of nitrogens with one attached hydrogen (secondary N) is 1. The summed E-state index contributed by atoms with van der Waals surface area (Å²) in [5, 5.41) is 29.2. The van der Waals surface area contributed by atoms with Crippen LogP contribution in [0.15, 0.2) is 0 Å². The van der Waals surface area contributed by atoms with Crippen LogP contribution in [0, 0.1) is 0 Å². The Labute approximate surface area is 120 Å². The number of carboxylic acid groups (broad SMARTS) is 2. The van der Waals surface area contributed by atoms with Crippen LogP contribution >= 0.6 is 0 Å². The number of carboxylic acids is 2. The standard InChI is InChI=1S/C12H18N2O7/c1-12(21,11(19)20)6-13-8(15)9(16)14-5-3-2-4-7(14)10(17)18/h7,21H,2-6H2,1H3,(H,13,15)(H,17,18)(H,19,20)/t7-,12?/m1/s1. The van der Waals surface area contributed by atoms with E-state index in [1.807, 2.05) is 5.32 Å². The Hall–Kier alpha value is -2.16. The van der Waals surface area contributed by atoms with Crippen molar-refractivity contribution in [1.29, 1.82) is 0 Å². The van der Waals surface area contributed by atoms with Gasteiger partial charge in [-0.1, -0.05) is 0 Å². The van der Waals surface area contributed by atoms with Crippen LogP contribution in [0.25, 0.3) is 0 Å². The van der Waals surface area contributed by atoms with E-state index >= 15 is 0 Å². The smallest absolute Gasteiger partial charge is 0.337 e. The maximum Gasteiger partial charge on any atom is 0.337 e. The number of nitrogens with zero attached hydrogens (tertiary/aromatic N) is 1. The van der Waals surface area contributed by atoms with E-state index in [2.05, 4.69) is 0 Å². The Kier molecular flexibility index (Phi) is 5.25. The summed E-state index contributed by atoms with van der Waals surface area (Å²) in [5.41, 5.74) is -2.20. The van der Waals surface area contributed by atoms with Crippen LogP contribution in [0.1, 0.15) is 26.2 Å². The molecule has 21 heavy (non-hydrogen) atoms. The van der Waals surface area contributed by atoms with Crippen LogP contribution < -0.4 is 5.32 Å². The zero-order valence-electron chi connectivity index (χ0n) is 11.5. The van der Waals surface area contributed by atoms with E-state index < -0.39 is 41.9 Å². The molecule has 1 aliphatic rings. The third-order valence-corrected chi connectivity index (χ3v) is 3.30. The van der Waals surface area contributed by atoms with Crippen molar-refractivity contribution < 1.29 is 34.5 Å². The topological polar surface area (TPSA) is 144 Å². The van der Waals surface area contributed by atoms with Gasteiger partial charge in [-0.3, -0.25) is 9.59 Å². The molecule has 1 unspecified atom stereocenters. The number of aliphatic hydroxyl groups is 1. The number of likely N-dealkylation sites (tertiary alicyclic amines) is 1. The first-order valence-corrected chi connectivity index (χ1v) is 6.44. The summed E-state index contributed by atoms with van der Waals surface area (Å²) < 4.78 is 0. The summed E-state index contributed by atoms with van der Waals surface area (Å²) in [6, 6.07) is -1.06. The molecular formula is C12H18N2O7. The molecule has 1 rings (SSSR count). The van der Waals surface area contributed by atoms with Crippen molar-refractivity contribution in [2.75, 3.05) is 13.1 Å². The first-order valence-electron chi connectivity index (χ1n) is 6.44. The average Bonchev–Trinajstić information content (AvgIpc) is 2.43. The van der Waals surface area contributed by atoms with Gasteiger partial charge in [-0.15, -0.1) is 0 Å². The van der Waals surface area contributed by atoms with Crippen molar-refractivity contribution in [3.8, 4) is 0 Å². The number of amides is 2. The molecule has 9 heteroatoms. The fraction of sp³-hybridized carbons (Fsp3) is 0.667. The second-order valence-corrected chi connectivity index (χ2v) is 5.11. The zero-order valence-corrected chi connectivity index (χ0v) is 11.5. The molecular weight excluding hydrogens is 284 g/mol. The second kappa shape index (κ2) is 6.53. The van der Waals surface area contributed by atoms with E-state index in [4.69, 9.17) is 10.2 Å². The van der Waals surface area contributed by atoms with Gasteiger partial charge in [0.25, 0.3) is 0 Å². The van der Waals surface area contributed by atoms with Crippen LogP contribution in [0.2, 0.25) is 0 Å². The summed E-state index contributed by atoms with van der Waals surface area (Å²) in [7, 11) is 0. The maximum atomic E-state index is 11.9. The summed E-state index contributed by atoms with van der Waals surface area (Å²) >= 11 is 0. The fourth-order valence-electron chi connectivity index (χ4n) is 1.97. The summed E-state index contributed by atoms with van der Waals surface area (Å²) in [6.07, 6.45) is 1.51. The Bertz CT molecular complexity index is 461. The summed E-state index contributed by atoms with van der Waals surface area (Å²) in [5.74, 6) is -4.90. The highest BCUT2D eigenvalue weighted by Crippen LogP contribution is 2.17. The molecule has 2 amide bonds. The van der Waals surface area contributed by atoms with Crippen LogP contribution in [0.4, 0.5) is 0 Å². The lowest BCUT2D eigenvalue weighted by atomic mass is 10.0. The molecule has 9 nitrogen and oxygen atoms in total. The van der Waals surface area contributed by atoms with Gasteiger partial charge in [-0.25, -0.2) is 9.59 Å². The van der Waals surface area contributed by atoms with E-state index in [0.717, 1.165) is 11.8 Å². The lowest BCUT2D eigenvalue weighted by Crippen LogP contribution is -2.55. The van der Waals surface area contributed by atoms with Gasteiger partial charge in [0.15, 0.2) is 5.60 Å². The van der Waals surface area contributed by atoms with Crippen LogP contribution in [-0.2, 0) is 19.2 Å². The molecule has 1 saturated heterocycles. The molecule has 0 aromatic heterocycles. The zero-order chi connectivity index (χ0) is 16.2. The molecule has 4 N–H and O–H groups in total. The molecule has 1 fully saturated rings. The van der Waals surface area contributed by atoms with E-state index in [9.17, 15) is 24.3 Å². The molecule has 0 spiro atoms. The molecule has 0 saturated carbocycles. The van der Waals surface area contributed by atoms with Crippen molar-refractivity contribution in [2.45, 2.75) is 37.8 Å². The van der Waals surface area contributed by atoms with E-state index in [-0.39, 0.29) is 13.0 Å². The second-order valence-electron chi connectivity index (χ2n) is 5.11. The molecule has 0 bridgehead atoms. The minimum atomic E-state index is -2.20. The number of hydrogen-bond acceptors (Lipinski definition) is 5. The number of rotatable bonds is 4. The van der Waals surface area contributed by atoms with Gasteiger partial charge < -0.3 is 25.5 Å². The van der Waals surface area contributed by atoms with Crippen molar-refractivity contribution >= 4 is 23.8 Å². The number of carbonyl (C=O) groups excluding carboxylic acids is 2. The Balaban J connectivity index is 2.67. The van der Waals surface area contributed by atoms with Crippen molar-refractivity contribution in [3.63, 3.8) is 0 Å².